The van der Waals surface area contributed by atoms with E-state index in [9.17, 15) is 13.2 Å². The summed E-state index contributed by atoms with van der Waals surface area (Å²) < 4.78 is 22.8. The van der Waals surface area contributed by atoms with Gasteiger partial charge >= 0.3 is 0 Å². The molecule has 6 heteroatoms. The maximum Gasteiger partial charge on any atom is 0.261 e. The highest BCUT2D eigenvalue weighted by Gasteiger charge is 2.20. The van der Waals surface area contributed by atoms with Crippen molar-refractivity contribution in [3.05, 3.63) is 29.3 Å². The molecule has 2 rings (SSSR count). The van der Waals surface area contributed by atoms with E-state index in [1.165, 1.54) is 12.1 Å². The molecule has 1 aliphatic heterocycles. The molecule has 0 aliphatic carbocycles. The molecule has 1 fully saturated rings. The molecule has 1 saturated heterocycles. The number of rotatable bonds is 2. The summed E-state index contributed by atoms with van der Waals surface area (Å²) >= 11 is 0. The van der Waals surface area contributed by atoms with Crippen molar-refractivity contribution in [1.82, 2.24) is 4.90 Å². The number of hydrogen-bond donors (Lipinski definition) is 0. The van der Waals surface area contributed by atoms with Crippen LogP contribution in [0.1, 0.15) is 35.2 Å². The summed E-state index contributed by atoms with van der Waals surface area (Å²) in [7, 11) is 1.53. The molecule has 1 heterocycles. The normalized spacial score (nSPS) is 16.4. The SMILES string of the molecule is Cc1cc(C(=O)N2CCCCC2)cc(S(=O)(=O)Cl)c1. The molecule has 1 amide bonds. The van der Waals surface area contributed by atoms with Crippen LogP contribution in [-0.4, -0.2) is 32.3 Å². The Balaban J connectivity index is 2.34. The first-order chi connectivity index (χ1) is 8.88. The fourth-order valence-corrected chi connectivity index (χ4v) is 3.15. The van der Waals surface area contributed by atoms with Gasteiger partial charge in [0, 0.05) is 29.3 Å². The summed E-state index contributed by atoms with van der Waals surface area (Å²) in [6, 6.07) is 4.52. The lowest BCUT2D eigenvalue weighted by molar-refractivity contribution is 0.0724. The average molecular weight is 302 g/mol. The van der Waals surface area contributed by atoms with E-state index < -0.39 is 9.05 Å². The number of carbonyl (C=O) groups is 1. The van der Waals surface area contributed by atoms with Crippen molar-refractivity contribution >= 4 is 25.6 Å². The van der Waals surface area contributed by atoms with Crippen LogP contribution in [0.3, 0.4) is 0 Å². The maximum atomic E-state index is 12.3. The van der Waals surface area contributed by atoms with Gasteiger partial charge in [-0.25, -0.2) is 8.42 Å². The average Bonchev–Trinajstić information content (AvgIpc) is 2.37. The van der Waals surface area contributed by atoms with E-state index in [1.54, 1.807) is 17.9 Å². The highest BCUT2D eigenvalue weighted by Crippen LogP contribution is 2.21. The summed E-state index contributed by atoms with van der Waals surface area (Å²) in [5, 5.41) is 0. The van der Waals surface area contributed by atoms with Gasteiger partial charge in [0.1, 0.15) is 0 Å². The van der Waals surface area contributed by atoms with E-state index in [-0.39, 0.29) is 10.8 Å². The fourth-order valence-electron chi connectivity index (χ4n) is 2.29. The molecule has 104 valence electrons. The summed E-state index contributed by atoms with van der Waals surface area (Å²) in [6.45, 7) is 3.21. The van der Waals surface area contributed by atoms with Gasteiger partial charge in [-0.3, -0.25) is 4.79 Å². The topological polar surface area (TPSA) is 54.5 Å². The van der Waals surface area contributed by atoms with E-state index in [0.29, 0.717) is 11.1 Å². The monoisotopic (exact) mass is 301 g/mol. The molecule has 19 heavy (non-hydrogen) atoms. The lowest BCUT2D eigenvalue weighted by atomic mass is 10.1. The van der Waals surface area contributed by atoms with Gasteiger partial charge in [-0.05, 0) is 49.9 Å². The van der Waals surface area contributed by atoms with Crippen molar-refractivity contribution in [3.8, 4) is 0 Å². The second-order valence-corrected chi connectivity index (χ2v) is 7.39. The van der Waals surface area contributed by atoms with Crippen LogP contribution in [-0.2, 0) is 9.05 Å². The third-order valence-electron chi connectivity index (χ3n) is 3.22. The highest BCUT2D eigenvalue weighted by atomic mass is 35.7. The van der Waals surface area contributed by atoms with E-state index in [1.807, 2.05) is 0 Å². The molecule has 0 spiro atoms. The third-order valence-corrected chi connectivity index (χ3v) is 4.56. The first-order valence-electron chi connectivity index (χ1n) is 6.23. The first-order valence-corrected chi connectivity index (χ1v) is 8.54. The quantitative estimate of drug-likeness (QED) is 0.789. The molecule has 0 aromatic heterocycles. The van der Waals surface area contributed by atoms with Gasteiger partial charge in [0.05, 0.1) is 4.90 Å². The van der Waals surface area contributed by atoms with Crippen molar-refractivity contribution in [3.63, 3.8) is 0 Å². The van der Waals surface area contributed by atoms with Gasteiger partial charge in [0.25, 0.3) is 15.0 Å². The Morgan fingerprint density at radius 2 is 1.79 bits per heavy atom. The van der Waals surface area contributed by atoms with Crippen LogP contribution in [0.25, 0.3) is 0 Å². The van der Waals surface area contributed by atoms with Gasteiger partial charge < -0.3 is 4.90 Å². The Kier molecular flexibility index (Phi) is 4.16. The second-order valence-electron chi connectivity index (χ2n) is 4.83. The van der Waals surface area contributed by atoms with Gasteiger partial charge in [0.2, 0.25) is 0 Å². The Morgan fingerprint density at radius 1 is 1.16 bits per heavy atom. The number of benzene rings is 1. The number of hydrogen-bond acceptors (Lipinski definition) is 3. The molecule has 0 atom stereocenters. The first kappa shape index (κ1) is 14.3. The molecular weight excluding hydrogens is 286 g/mol. The van der Waals surface area contributed by atoms with E-state index in [4.69, 9.17) is 10.7 Å². The minimum absolute atomic E-state index is 0.0190. The summed E-state index contributed by atoms with van der Waals surface area (Å²) in [6.07, 6.45) is 3.13. The molecule has 1 aromatic carbocycles. The Bertz CT molecular complexity index is 592. The second kappa shape index (κ2) is 5.51. The summed E-state index contributed by atoms with van der Waals surface area (Å²) in [5.41, 5.74) is 1.10. The zero-order chi connectivity index (χ0) is 14.0. The Labute approximate surface area is 117 Å². The lowest BCUT2D eigenvalue weighted by Gasteiger charge is -2.27. The number of carbonyl (C=O) groups excluding carboxylic acids is 1. The minimum Gasteiger partial charge on any atom is -0.339 e. The zero-order valence-corrected chi connectivity index (χ0v) is 12.3. The van der Waals surface area contributed by atoms with Crippen LogP contribution in [0.2, 0.25) is 0 Å². The molecular formula is C13H16ClNO3S. The van der Waals surface area contributed by atoms with Crippen molar-refractivity contribution in [1.29, 1.82) is 0 Å². The van der Waals surface area contributed by atoms with Crippen LogP contribution in [0.4, 0.5) is 0 Å². The summed E-state index contributed by atoms with van der Waals surface area (Å²) in [4.78, 5) is 14.1. The van der Waals surface area contributed by atoms with Crippen LogP contribution < -0.4 is 0 Å². The smallest absolute Gasteiger partial charge is 0.261 e. The molecule has 0 N–H and O–H groups in total. The predicted octanol–water partition coefficient (Wildman–Crippen LogP) is 2.55. The number of halogens is 1. The van der Waals surface area contributed by atoms with Crippen molar-refractivity contribution < 1.29 is 13.2 Å². The van der Waals surface area contributed by atoms with Crippen molar-refractivity contribution in [2.45, 2.75) is 31.1 Å². The van der Waals surface area contributed by atoms with Crippen LogP contribution in [0, 0.1) is 6.92 Å². The summed E-state index contributed by atoms with van der Waals surface area (Å²) in [5.74, 6) is -0.120. The van der Waals surface area contributed by atoms with E-state index in [0.717, 1.165) is 32.4 Å². The number of amides is 1. The van der Waals surface area contributed by atoms with Gasteiger partial charge in [-0.15, -0.1) is 0 Å². The molecule has 0 saturated carbocycles. The fraction of sp³-hybridized carbons (Fsp3) is 0.462. The van der Waals surface area contributed by atoms with E-state index in [2.05, 4.69) is 0 Å². The van der Waals surface area contributed by atoms with Gasteiger partial charge in [-0.2, -0.15) is 0 Å². The van der Waals surface area contributed by atoms with Crippen LogP contribution >= 0.6 is 10.7 Å². The molecule has 1 aliphatic rings. The van der Waals surface area contributed by atoms with Crippen molar-refractivity contribution in [2.75, 3.05) is 13.1 Å². The zero-order valence-electron chi connectivity index (χ0n) is 10.7. The minimum atomic E-state index is -3.81. The number of nitrogens with zero attached hydrogens (tertiary/aromatic N) is 1. The lowest BCUT2D eigenvalue weighted by Crippen LogP contribution is -2.35. The van der Waals surface area contributed by atoms with Gasteiger partial charge in [-0.1, -0.05) is 0 Å². The molecule has 0 unspecified atom stereocenters. The van der Waals surface area contributed by atoms with Crippen molar-refractivity contribution in [2.24, 2.45) is 0 Å². The molecule has 1 aromatic rings. The number of piperidine rings is 1. The predicted molar refractivity (Wildman–Crippen MR) is 74.0 cm³/mol. The molecule has 0 bridgehead atoms. The third kappa shape index (κ3) is 3.48. The molecule has 4 nitrogen and oxygen atoms in total. The Morgan fingerprint density at radius 3 is 2.37 bits per heavy atom. The van der Waals surface area contributed by atoms with Crippen LogP contribution in [0.15, 0.2) is 23.1 Å². The van der Waals surface area contributed by atoms with Gasteiger partial charge in [0.15, 0.2) is 0 Å². The van der Waals surface area contributed by atoms with Crippen LogP contribution in [0.5, 0.6) is 0 Å². The Hall–Kier alpha value is -1.07. The van der Waals surface area contributed by atoms with E-state index >= 15 is 0 Å². The maximum absolute atomic E-state index is 12.3. The number of aryl methyl sites for hydroxylation is 1. The standard InChI is InChI=1S/C13H16ClNO3S/c1-10-7-11(9-12(8-10)19(14,17)18)13(16)15-5-3-2-4-6-15/h7-9H,2-6H2,1H3. The largest absolute Gasteiger partial charge is 0.339 e. The number of likely N-dealkylation sites (tertiary alicyclic amines) is 1. The molecule has 0 radical (unpaired) electrons. The highest BCUT2D eigenvalue weighted by molar-refractivity contribution is 8.13.